The minimum absolute atomic E-state index is 0.199. The average molecular weight is 310 g/mol. The van der Waals surface area contributed by atoms with E-state index >= 15 is 0 Å². The van der Waals surface area contributed by atoms with Gasteiger partial charge in [0.15, 0.2) is 6.10 Å². The molecule has 1 saturated heterocycles. The van der Waals surface area contributed by atoms with Crippen LogP contribution in [0.1, 0.15) is 17.2 Å². The number of piperazine rings is 1. The molecule has 4 nitrogen and oxygen atoms in total. The molecule has 1 N–H and O–H groups in total. The number of aliphatic hydroxyl groups is 1. The first-order chi connectivity index (χ1) is 11.2. The van der Waals surface area contributed by atoms with Crippen molar-refractivity contribution in [1.29, 1.82) is 0 Å². The van der Waals surface area contributed by atoms with Crippen molar-refractivity contribution in [2.45, 2.75) is 12.6 Å². The third-order valence-electron chi connectivity index (χ3n) is 4.28. The molecule has 1 aliphatic heterocycles. The van der Waals surface area contributed by atoms with Gasteiger partial charge >= 0.3 is 0 Å². The first kappa shape index (κ1) is 15.7. The number of benzene rings is 2. The number of hydrogen-bond acceptors (Lipinski definition) is 3. The van der Waals surface area contributed by atoms with Gasteiger partial charge in [-0.1, -0.05) is 60.7 Å². The second kappa shape index (κ2) is 7.40. The SMILES string of the molecule is O=C(C(O)c1ccccc1)N1CCN(Cc2ccccc2)CC1. The lowest BCUT2D eigenvalue weighted by atomic mass is 10.1. The van der Waals surface area contributed by atoms with Crippen LogP contribution in [0.2, 0.25) is 0 Å². The molecule has 2 aromatic rings. The van der Waals surface area contributed by atoms with Gasteiger partial charge in [0, 0.05) is 32.7 Å². The topological polar surface area (TPSA) is 43.8 Å². The lowest BCUT2D eigenvalue weighted by molar-refractivity contribution is -0.142. The normalized spacial score (nSPS) is 17.0. The number of aliphatic hydroxyl groups excluding tert-OH is 1. The molecule has 120 valence electrons. The third kappa shape index (κ3) is 3.97. The number of amides is 1. The Balaban J connectivity index is 1.53. The Labute approximate surface area is 137 Å². The lowest BCUT2D eigenvalue weighted by Crippen LogP contribution is -2.49. The zero-order chi connectivity index (χ0) is 16.1. The fourth-order valence-electron chi connectivity index (χ4n) is 2.92. The smallest absolute Gasteiger partial charge is 0.256 e. The molecule has 2 aromatic carbocycles. The van der Waals surface area contributed by atoms with E-state index < -0.39 is 6.10 Å². The van der Waals surface area contributed by atoms with E-state index in [2.05, 4.69) is 17.0 Å². The van der Waals surface area contributed by atoms with Crippen molar-refractivity contribution >= 4 is 5.91 Å². The molecule has 23 heavy (non-hydrogen) atoms. The van der Waals surface area contributed by atoms with E-state index in [0.29, 0.717) is 18.7 Å². The van der Waals surface area contributed by atoms with E-state index in [4.69, 9.17) is 0 Å². The Bertz CT molecular complexity index is 622. The van der Waals surface area contributed by atoms with Gasteiger partial charge in [0.2, 0.25) is 0 Å². The zero-order valence-electron chi connectivity index (χ0n) is 13.1. The highest BCUT2D eigenvalue weighted by atomic mass is 16.3. The van der Waals surface area contributed by atoms with E-state index in [1.165, 1.54) is 5.56 Å². The van der Waals surface area contributed by atoms with E-state index in [0.717, 1.165) is 19.6 Å². The summed E-state index contributed by atoms with van der Waals surface area (Å²) in [6.07, 6.45) is -1.06. The fourth-order valence-corrected chi connectivity index (χ4v) is 2.92. The first-order valence-corrected chi connectivity index (χ1v) is 8.02. The summed E-state index contributed by atoms with van der Waals surface area (Å²) in [6.45, 7) is 3.90. The number of hydrogen-bond donors (Lipinski definition) is 1. The minimum atomic E-state index is -1.06. The Hall–Kier alpha value is -2.17. The predicted molar refractivity (Wildman–Crippen MR) is 89.7 cm³/mol. The molecule has 0 aromatic heterocycles. The van der Waals surface area contributed by atoms with Gasteiger partial charge in [-0.15, -0.1) is 0 Å². The van der Waals surface area contributed by atoms with Crippen LogP contribution in [0, 0.1) is 0 Å². The van der Waals surface area contributed by atoms with Gasteiger partial charge in [0.25, 0.3) is 5.91 Å². The molecule has 4 heteroatoms. The van der Waals surface area contributed by atoms with Crippen LogP contribution in [0.5, 0.6) is 0 Å². The molecule has 0 radical (unpaired) electrons. The number of nitrogens with zero attached hydrogens (tertiary/aromatic N) is 2. The summed E-state index contributed by atoms with van der Waals surface area (Å²) in [6, 6.07) is 19.5. The molecule has 1 amide bonds. The molecular formula is C19H22N2O2. The van der Waals surface area contributed by atoms with Gasteiger partial charge in [0.05, 0.1) is 0 Å². The summed E-state index contributed by atoms with van der Waals surface area (Å²) in [7, 11) is 0. The van der Waals surface area contributed by atoms with Crippen LogP contribution >= 0.6 is 0 Å². The van der Waals surface area contributed by atoms with Crippen molar-refractivity contribution in [3.63, 3.8) is 0 Å². The minimum Gasteiger partial charge on any atom is -0.378 e. The Kier molecular flexibility index (Phi) is 5.05. The summed E-state index contributed by atoms with van der Waals surface area (Å²) in [5.74, 6) is -0.199. The third-order valence-corrected chi connectivity index (χ3v) is 4.28. The molecule has 0 aliphatic carbocycles. The maximum atomic E-state index is 12.4. The van der Waals surface area contributed by atoms with Crippen LogP contribution < -0.4 is 0 Å². The highest BCUT2D eigenvalue weighted by molar-refractivity contribution is 5.82. The van der Waals surface area contributed by atoms with Gasteiger partial charge in [-0.2, -0.15) is 0 Å². The molecule has 0 bridgehead atoms. The molecule has 1 unspecified atom stereocenters. The molecule has 1 fully saturated rings. The Morgan fingerprint density at radius 3 is 2.09 bits per heavy atom. The Morgan fingerprint density at radius 2 is 1.48 bits per heavy atom. The van der Waals surface area contributed by atoms with Crippen molar-refractivity contribution in [1.82, 2.24) is 9.80 Å². The number of rotatable bonds is 4. The quantitative estimate of drug-likeness (QED) is 0.940. The molecule has 0 spiro atoms. The van der Waals surface area contributed by atoms with Gasteiger partial charge in [-0.05, 0) is 11.1 Å². The van der Waals surface area contributed by atoms with Crippen LogP contribution in [0.3, 0.4) is 0 Å². The molecular weight excluding hydrogens is 288 g/mol. The summed E-state index contributed by atoms with van der Waals surface area (Å²) in [4.78, 5) is 16.5. The standard InChI is InChI=1S/C19H22N2O2/c22-18(17-9-5-2-6-10-17)19(23)21-13-11-20(12-14-21)15-16-7-3-1-4-8-16/h1-10,18,22H,11-15H2. The molecule has 1 aliphatic rings. The largest absolute Gasteiger partial charge is 0.378 e. The van der Waals surface area contributed by atoms with Gasteiger partial charge in [-0.25, -0.2) is 0 Å². The molecule has 0 saturated carbocycles. The average Bonchev–Trinajstić information content (AvgIpc) is 2.63. The second-order valence-corrected chi connectivity index (χ2v) is 5.90. The van der Waals surface area contributed by atoms with Gasteiger partial charge < -0.3 is 10.0 Å². The lowest BCUT2D eigenvalue weighted by Gasteiger charge is -2.35. The van der Waals surface area contributed by atoms with Crippen molar-refractivity contribution < 1.29 is 9.90 Å². The van der Waals surface area contributed by atoms with E-state index in [1.807, 2.05) is 36.4 Å². The maximum Gasteiger partial charge on any atom is 0.256 e. The number of carbonyl (C=O) groups excluding carboxylic acids is 1. The van der Waals surface area contributed by atoms with Crippen LogP contribution in [-0.4, -0.2) is 47.0 Å². The maximum absolute atomic E-state index is 12.4. The van der Waals surface area contributed by atoms with E-state index in [9.17, 15) is 9.90 Å². The summed E-state index contributed by atoms with van der Waals surface area (Å²) >= 11 is 0. The number of carbonyl (C=O) groups is 1. The van der Waals surface area contributed by atoms with Crippen molar-refractivity contribution in [3.05, 3.63) is 71.8 Å². The predicted octanol–water partition coefficient (Wildman–Crippen LogP) is 2.06. The summed E-state index contributed by atoms with van der Waals surface area (Å²) in [5, 5.41) is 10.2. The highest BCUT2D eigenvalue weighted by Crippen LogP contribution is 2.17. The summed E-state index contributed by atoms with van der Waals surface area (Å²) in [5.41, 5.74) is 1.95. The van der Waals surface area contributed by atoms with Gasteiger partial charge in [0.1, 0.15) is 0 Å². The fraction of sp³-hybridized carbons (Fsp3) is 0.316. The van der Waals surface area contributed by atoms with Crippen molar-refractivity contribution in [3.8, 4) is 0 Å². The molecule has 1 heterocycles. The zero-order valence-corrected chi connectivity index (χ0v) is 13.1. The van der Waals surface area contributed by atoms with E-state index in [-0.39, 0.29) is 5.91 Å². The first-order valence-electron chi connectivity index (χ1n) is 8.02. The second-order valence-electron chi connectivity index (χ2n) is 5.90. The van der Waals surface area contributed by atoms with Crippen molar-refractivity contribution in [2.75, 3.05) is 26.2 Å². The van der Waals surface area contributed by atoms with Gasteiger partial charge in [-0.3, -0.25) is 9.69 Å². The molecule has 1 atom stereocenters. The van der Waals surface area contributed by atoms with E-state index in [1.54, 1.807) is 17.0 Å². The van der Waals surface area contributed by atoms with Crippen LogP contribution in [0.4, 0.5) is 0 Å². The van der Waals surface area contributed by atoms with Crippen LogP contribution in [-0.2, 0) is 11.3 Å². The summed E-state index contributed by atoms with van der Waals surface area (Å²) < 4.78 is 0. The highest BCUT2D eigenvalue weighted by Gasteiger charge is 2.26. The Morgan fingerprint density at radius 1 is 0.913 bits per heavy atom. The molecule has 3 rings (SSSR count). The van der Waals surface area contributed by atoms with Crippen LogP contribution in [0.25, 0.3) is 0 Å². The van der Waals surface area contributed by atoms with Crippen LogP contribution in [0.15, 0.2) is 60.7 Å². The monoisotopic (exact) mass is 310 g/mol. The van der Waals surface area contributed by atoms with Crippen molar-refractivity contribution in [2.24, 2.45) is 0 Å².